The summed E-state index contributed by atoms with van der Waals surface area (Å²) in [4.78, 5) is 15.7. The number of rotatable bonds is 6. The van der Waals surface area contributed by atoms with Gasteiger partial charge in [0, 0.05) is 26.2 Å². The van der Waals surface area contributed by atoms with Crippen molar-refractivity contribution in [1.29, 1.82) is 0 Å². The number of aromatic nitrogens is 3. The van der Waals surface area contributed by atoms with Crippen LogP contribution in [0.3, 0.4) is 0 Å². The van der Waals surface area contributed by atoms with Gasteiger partial charge in [0.25, 0.3) is 0 Å². The molecule has 3 rings (SSSR count). The molecule has 0 fully saturated rings. The van der Waals surface area contributed by atoms with Gasteiger partial charge in [0.15, 0.2) is 0 Å². The average molecular weight is 324 g/mol. The van der Waals surface area contributed by atoms with E-state index >= 15 is 0 Å². The molecule has 124 valence electrons. The van der Waals surface area contributed by atoms with E-state index < -0.39 is 0 Å². The number of ether oxygens (including phenoxy) is 1. The van der Waals surface area contributed by atoms with Crippen molar-refractivity contribution in [2.24, 2.45) is 0 Å². The predicted molar refractivity (Wildman–Crippen MR) is 93.2 cm³/mol. The Labute approximate surface area is 140 Å². The van der Waals surface area contributed by atoms with E-state index in [1.54, 1.807) is 10.9 Å². The normalized spacial score (nSPS) is 10.8. The molecule has 3 aromatic rings. The molecular formula is C18H20N4O2. The molecule has 6 heteroatoms. The van der Waals surface area contributed by atoms with E-state index in [1.807, 2.05) is 61.5 Å². The topological polar surface area (TPSA) is 60.2 Å². The number of carbonyl (C=O) groups is 1. The Morgan fingerprint density at radius 2 is 1.79 bits per heavy atom. The molecule has 0 saturated carbocycles. The number of carbonyl (C=O) groups excluding carboxylic acids is 1. The number of anilines is 1. The van der Waals surface area contributed by atoms with E-state index in [4.69, 9.17) is 4.74 Å². The average Bonchev–Trinajstić information content (AvgIpc) is 3.01. The molecule has 0 saturated heterocycles. The molecule has 6 nitrogen and oxygen atoms in total. The maximum atomic E-state index is 12.1. The Hall–Kier alpha value is -2.89. The number of hydrogen-bond donors (Lipinski definition) is 0. The van der Waals surface area contributed by atoms with Gasteiger partial charge in [0.1, 0.15) is 11.0 Å². The summed E-state index contributed by atoms with van der Waals surface area (Å²) >= 11 is 0. The van der Waals surface area contributed by atoms with Crippen molar-refractivity contribution in [1.82, 2.24) is 15.0 Å². The highest BCUT2D eigenvalue weighted by Crippen LogP contribution is 2.14. The lowest BCUT2D eigenvalue weighted by Gasteiger charge is -2.13. The number of aryl methyl sites for hydroxylation is 1. The third-order valence-corrected chi connectivity index (χ3v) is 3.66. The number of benzene rings is 2. The molecule has 0 radical (unpaired) electrons. The quantitative estimate of drug-likeness (QED) is 0.515. The largest absolute Gasteiger partial charge is 0.462 e. The van der Waals surface area contributed by atoms with Gasteiger partial charge in [-0.2, -0.15) is 15.0 Å². The third-order valence-electron chi connectivity index (χ3n) is 3.66. The zero-order chi connectivity index (χ0) is 16.9. The first-order valence-electron chi connectivity index (χ1n) is 7.88. The molecule has 0 aliphatic rings. The molecular weight excluding hydrogens is 304 g/mol. The van der Waals surface area contributed by atoms with Crippen LogP contribution in [0.2, 0.25) is 0 Å². The van der Waals surface area contributed by atoms with Gasteiger partial charge < -0.3 is 9.64 Å². The number of nitrogens with zero attached hydrogens (tertiary/aromatic N) is 4. The van der Waals surface area contributed by atoms with Crippen molar-refractivity contribution in [2.75, 3.05) is 25.6 Å². The van der Waals surface area contributed by atoms with Crippen LogP contribution in [-0.4, -0.2) is 41.7 Å². The van der Waals surface area contributed by atoms with Crippen LogP contribution in [0.1, 0.15) is 16.8 Å². The lowest BCUT2D eigenvalue weighted by molar-refractivity contribution is 0.0493. The number of hydrogen-bond acceptors (Lipinski definition) is 5. The van der Waals surface area contributed by atoms with Crippen LogP contribution in [0.25, 0.3) is 11.0 Å². The summed E-state index contributed by atoms with van der Waals surface area (Å²) in [7, 11) is 3.87. The summed E-state index contributed by atoms with van der Waals surface area (Å²) < 4.78 is 5.33. The Balaban J connectivity index is 1.51. The fraction of sp³-hybridized carbons (Fsp3) is 0.278. The number of fused-ring (bicyclic) bond motifs is 1. The lowest BCUT2D eigenvalue weighted by Crippen LogP contribution is -2.12. The molecule has 0 N–H and O–H groups in total. The standard InChI is InChI=1S/C18H20N4O2/c1-21(2)15-8-5-7-14(13-15)18(23)24-12-6-11-22-19-16-9-3-4-10-17(16)20-22/h3-5,7-10,13H,6,11-12H2,1-2H3. The van der Waals surface area contributed by atoms with Crippen LogP contribution in [-0.2, 0) is 11.3 Å². The summed E-state index contributed by atoms with van der Waals surface area (Å²) in [5, 5.41) is 8.76. The smallest absolute Gasteiger partial charge is 0.338 e. The Morgan fingerprint density at radius 1 is 1.08 bits per heavy atom. The fourth-order valence-corrected chi connectivity index (χ4v) is 2.37. The van der Waals surface area contributed by atoms with Crippen molar-refractivity contribution in [3.63, 3.8) is 0 Å². The Morgan fingerprint density at radius 3 is 2.46 bits per heavy atom. The van der Waals surface area contributed by atoms with E-state index in [-0.39, 0.29) is 5.97 Å². The van der Waals surface area contributed by atoms with Crippen LogP contribution in [0.4, 0.5) is 5.69 Å². The van der Waals surface area contributed by atoms with Crippen LogP contribution >= 0.6 is 0 Å². The van der Waals surface area contributed by atoms with E-state index in [0.717, 1.165) is 16.7 Å². The van der Waals surface area contributed by atoms with Gasteiger partial charge in [-0.3, -0.25) is 0 Å². The molecule has 0 aliphatic carbocycles. The molecule has 2 aromatic carbocycles. The second kappa shape index (κ2) is 7.12. The lowest BCUT2D eigenvalue weighted by atomic mass is 10.2. The highest BCUT2D eigenvalue weighted by atomic mass is 16.5. The monoisotopic (exact) mass is 324 g/mol. The predicted octanol–water partition coefficient (Wildman–Crippen LogP) is 2.74. The van der Waals surface area contributed by atoms with Gasteiger partial charge in [-0.05, 0) is 30.3 Å². The van der Waals surface area contributed by atoms with Gasteiger partial charge >= 0.3 is 5.97 Å². The zero-order valence-corrected chi connectivity index (χ0v) is 13.8. The third kappa shape index (κ3) is 3.71. The van der Waals surface area contributed by atoms with E-state index in [2.05, 4.69) is 10.2 Å². The van der Waals surface area contributed by atoms with Gasteiger partial charge in [-0.1, -0.05) is 18.2 Å². The van der Waals surface area contributed by atoms with Crippen LogP contribution in [0, 0.1) is 0 Å². The molecule has 24 heavy (non-hydrogen) atoms. The summed E-state index contributed by atoms with van der Waals surface area (Å²) in [6.07, 6.45) is 0.667. The van der Waals surface area contributed by atoms with Crippen LogP contribution < -0.4 is 4.90 Å². The van der Waals surface area contributed by atoms with Gasteiger partial charge in [0.2, 0.25) is 0 Å². The minimum atomic E-state index is -0.308. The molecule has 1 heterocycles. The molecule has 0 amide bonds. The molecule has 0 aliphatic heterocycles. The molecule has 1 aromatic heterocycles. The van der Waals surface area contributed by atoms with Crippen LogP contribution in [0.5, 0.6) is 0 Å². The van der Waals surface area contributed by atoms with Crippen molar-refractivity contribution in [3.05, 3.63) is 54.1 Å². The SMILES string of the molecule is CN(C)c1cccc(C(=O)OCCCn2nc3ccccc3n2)c1. The van der Waals surface area contributed by atoms with Crippen LogP contribution in [0.15, 0.2) is 48.5 Å². The Bertz CT molecular complexity index is 809. The summed E-state index contributed by atoms with van der Waals surface area (Å²) in [6.45, 7) is 0.947. The van der Waals surface area contributed by atoms with Crippen molar-refractivity contribution >= 4 is 22.7 Å². The maximum Gasteiger partial charge on any atom is 0.338 e. The highest BCUT2D eigenvalue weighted by molar-refractivity contribution is 5.90. The van der Waals surface area contributed by atoms with E-state index in [0.29, 0.717) is 25.1 Å². The minimum absolute atomic E-state index is 0.308. The first kappa shape index (κ1) is 16.0. The molecule has 0 atom stereocenters. The molecule has 0 bridgehead atoms. The van der Waals surface area contributed by atoms with Crippen molar-refractivity contribution in [3.8, 4) is 0 Å². The first-order valence-corrected chi connectivity index (χ1v) is 7.88. The van der Waals surface area contributed by atoms with Gasteiger partial charge in [0.05, 0.1) is 18.7 Å². The van der Waals surface area contributed by atoms with E-state index in [1.165, 1.54) is 0 Å². The summed E-state index contributed by atoms with van der Waals surface area (Å²) in [6, 6.07) is 15.1. The fourth-order valence-electron chi connectivity index (χ4n) is 2.37. The van der Waals surface area contributed by atoms with Gasteiger partial charge in [-0.25, -0.2) is 4.79 Å². The minimum Gasteiger partial charge on any atom is -0.462 e. The second-order valence-electron chi connectivity index (χ2n) is 5.72. The highest BCUT2D eigenvalue weighted by Gasteiger charge is 2.08. The Kier molecular flexibility index (Phi) is 4.74. The van der Waals surface area contributed by atoms with E-state index in [9.17, 15) is 4.79 Å². The molecule has 0 unspecified atom stereocenters. The van der Waals surface area contributed by atoms with Gasteiger partial charge in [-0.15, -0.1) is 0 Å². The first-order chi connectivity index (χ1) is 11.6. The van der Waals surface area contributed by atoms with Crippen molar-refractivity contribution in [2.45, 2.75) is 13.0 Å². The van der Waals surface area contributed by atoms with Crippen molar-refractivity contribution < 1.29 is 9.53 Å². The maximum absolute atomic E-state index is 12.1. The molecule has 0 spiro atoms. The number of esters is 1. The zero-order valence-electron chi connectivity index (χ0n) is 13.8. The second-order valence-corrected chi connectivity index (χ2v) is 5.72. The summed E-state index contributed by atoms with van der Waals surface area (Å²) in [5.41, 5.74) is 3.27. The summed E-state index contributed by atoms with van der Waals surface area (Å²) in [5.74, 6) is -0.308.